The van der Waals surface area contributed by atoms with Gasteiger partial charge in [-0.05, 0) is 23.9 Å². The second-order valence-corrected chi connectivity index (χ2v) is 4.95. The highest BCUT2D eigenvalue weighted by Crippen LogP contribution is 2.20. The van der Waals surface area contributed by atoms with Crippen LogP contribution in [0.1, 0.15) is 15.9 Å². The maximum absolute atomic E-state index is 12.7. The van der Waals surface area contributed by atoms with Crippen molar-refractivity contribution >= 4 is 11.4 Å². The fraction of sp³-hybridized carbons (Fsp3) is 0.105. The van der Waals surface area contributed by atoms with Crippen molar-refractivity contribution in [2.24, 2.45) is 0 Å². The Morgan fingerprint density at radius 1 is 0.857 bits per heavy atom. The van der Waals surface area contributed by atoms with Gasteiger partial charge in [0, 0.05) is 25.2 Å². The van der Waals surface area contributed by atoms with Gasteiger partial charge in [-0.1, -0.05) is 60.7 Å². The zero-order valence-corrected chi connectivity index (χ0v) is 12.4. The van der Waals surface area contributed by atoms with Gasteiger partial charge in [-0.3, -0.25) is 4.79 Å². The van der Waals surface area contributed by atoms with Crippen molar-refractivity contribution in [3.8, 4) is 0 Å². The Hall–Kier alpha value is -2.61. The summed E-state index contributed by atoms with van der Waals surface area (Å²) in [5, 5.41) is 0. The maximum atomic E-state index is 12.7. The van der Waals surface area contributed by atoms with Crippen molar-refractivity contribution in [1.29, 1.82) is 0 Å². The molecule has 106 valence electrons. The number of carbonyl (C=O) groups excluding carboxylic acids is 1. The molecule has 0 N–H and O–H groups in total. The van der Waals surface area contributed by atoms with E-state index in [1.165, 1.54) is 0 Å². The van der Waals surface area contributed by atoms with Crippen LogP contribution in [-0.4, -0.2) is 24.8 Å². The molecule has 0 amide bonds. The molecular formula is C19H19NO. The molecule has 0 aliphatic heterocycles. The van der Waals surface area contributed by atoms with Crippen LogP contribution < -0.4 is 0 Å². The van der Waals surface area contributed by atoms with Crippen LogP contribution in [0.2, 0.25) is 0 Å². The number of allylic oxidation sites excluding steroid dienone is 3. The van der Waals surface area contributed by atoms with Gasteiger partial charge in [0.15, 0.2) is 5.78 Å². The highest BCUT2D eigenvalue weighted by molar-refractivity contribution is 6.29. The molecule has 0 bridgehead atoms. The Balaban J connectivity index is 2.39. The lowest BCUT2D eigenvalue weighted by atomic mass is 9.96. The normalized spacial score (nSPS) is 11.6. The highest BCUT2D eigenvalue weighted by Gasteiger charge is 2.12. The van der Waals surface area contributed by atoms with E-state index in [1.807, 2.05) is 98.0 Å². The molecule has 0 spiro atoms. The van der Waals surface area contributed by atoms with Gasteiger partial charge in [0.2, 0.25) is 0 Å². The number of nitrogens with zero attached hydrogens (tertiary/aromatic N) is 1. The number of hydrogen-bond donors (Lipinski definition) is 0. The summed E-state index contributed by atoms with van der Waals surface area (Å²) in [5.74, 6) is 0.0326. The molecule has 0 atom stereocenters. The highest BCUT2D eigenvalue weighted by atomic mass is 16.1. The fourth-order valence-electron chi connectivity index (χ4n) is 1.98. The lowest BCUT2D eigenvalue weighted by Crippen LogP contribution is -2.03. The predicted molar refractivity (Wildman–Crippen MR) is 88.0 cm³/mol. The quantitative estimate of drug-likeness (QED) is 0.467. The SMILES string of the molecule is CN(C)/C=C/C=C(/C(=O)c1ccccc1)c1ccccc1. The first kappa shape index (κ1) is 14.8. The minimum Gasteiger partial charge on any atom is -0.383 e. The smallest absolute Gasteiger partial charge is 0.193 e. The van der Waals surface area contributed by atoms with E-state index in [4.69, 9.17) is 0 Å². The van der Waals surface area contributed by atoms with E-state index in [0.29, 0.717) is 11.1 Å². The van der Waals surface area contributed by atoms with Crippen LogP contribution in [-0.2, 0) is 0 Å². The first-order valence-electron chi connectivity index (χ1n) is 6.88. The molecule has 0 saturated heterocycles. The van der Waals surface area contributed by atoms with E-state index >= 15 is 0 Å². The van der Waals surface area contributed by atoms with Gasteiger partial charge >= 0.3 is 0 Å². The van der Waals surface area contributed by atoms with Gasteiger partial charge in [0.25, 0.3) is 0 Å². The lowest BCUT2D eigenvalue weighted by Gasteiger charge is -2.07. The van der Waals surface area contributed by atoms with Crippen LogP contribution >= 0.6 is 0 Å². The Kier molecular flexibility index (Phi) is 5.10. The van der Waals surface area contributed by atoms with Crippen LogP contribution in [0.4, 0.5) is 0 Å². The molecule has 2 aromatic carbocycles. The molecule has 0 fully saturated rings. The average molecular weight is 277 g/mol. The van der Waals surface area contributed by atoms with Gasteiger partial charge < -0.3 is 4.90 Å². The van der Waals surface area contributed by atoms with E-state index in [0.717, 1.165) is 5.56 Å². The third kappa shape index (κ3) is 4.18. The largest absolute Gasteiger partial charge is 0.383 e. The number of ketones is 1. The van der Waals surface area contributed by atoms with Crippen LogP contribution in [0.25, 0.3) is 5.57 Å². The zero-order chi connectivity index (χ0) is 15.1. The van der Waals surface area contributed by atoms with Gasteiger partial charge in [0.05, 0.1) is 0 Å². The Bertz CT molecular complexity index is 640. The summed E-state index contributed by atoms with van der Waals surface area (Å²) in [6, 6.07) is 19.1. The molecular weight excluding hydrogens is 258 g/mol. The number of Topliss-reactive ketones (excluding diaryl/α,β-unsaturated/α-hetero) is 1. The second kappa shape index (κ2) is 7.25. The second-order valence-electron chi connectivity index (χ2n) is 4.95. The van der Waals surface area contributed by atoms with Crippen molar-refractivity contribution in [2.45, 2.75) is 0 Å². The summed E-state index contributed by atoms with van der Waals surface area (Å²) >= 11 is 0. The molecule has 0 saturated carbocycles. The first-order chi connectivity index (χ1) is 10.2. The van der Waals surface area contributed by atoms with Gasteiger partial charge in [-0.2, -0.15) is 0 Å². The number of hydrogen-bond acceptors (Lipinski definition) is 2. The minimum atomic E-state index is 0.0326. The summed E-state index contributed by atoms with van der Waals surface area (Å²) in [7, 11) is 3.90. The van der Waals surface area contributed by atoms with E-state index in [1.54, 1.807) is 0 Å². The molecule has 2 rings (SSSR count). The Labute approximate surface area is 126 Å². The van der Waals surface area contributed by atoms with Crippen molar-refractivity contribution in [2.75, 3.05) is 14.1 Å². The molecule has 0 unspecified atom stereocenters. The van der Waals surface area contributed by atoms with Gasteiger partial charge in [-0.15, -0.1) is 0 Å². The number of benzene rings is 2. The number of carbonyl (C=O) groups is 1. The minimum absolute atomic E-state index is 0.0326. The summed E-state index contributed by atoms with van der Waals surface area (Å²) in [6.45, 7) is 0. The summed E-state index contributed by atoms with van der Waals surface area (Å²) in [6.07, 6.45) is 5.68. The monoisotopic (exact) mass is 277 g/mol. The molecule has 2 aromatic rings. The van der Waals surface area contributed by atoms with Crippen LogP contribution in [0.3, 0.4) is 0 Å². The molecule has 0 aromatic heterocycles. The predicted octanol–water partition coefficient (Wildman–Crippen LogP) is 4.03. The van der Waals surface area contributed by atoms with Crippen molar-refractivity contribution in [1.82, 2.24) is 4.90 Å². The summed E-state index contributed by atoms with van der Waals surface area (Å²) < 4.78 is 0. The van der Waals surface area contributed by atoms with E-state index in [9.17, 15) is 4.79 Å². The Morgan fingerprint density at radius 2 is 1.38 bits per heavy atom. The zero-order valence-electron chi connectivity index (χ0n) is 12.4. The fourth-order valence-corrected chi connectivity index (χ4v) is 1.98. The van der Waals surface area contributed by atoms with Crippen LogP contribution in [0, 0.1) is 0 Å². The van der Waals surface area contributed by atoms with Crippen LogP contribution in [0.5, 0.6) is 0 Å². The summed E-state index contributed by atoms with van der Waals surface area (Å²) in [4.78, 5) is 14.6. The topological polar surface area (TPSA) is 20.3 Å². The molecule has 21 heavy (non-hydrogen) atoms. The lowest BCUT2D eigenvalue weighted by molar-refractivity contribution is 0.105. The molecule has 2 heteroatoms. The van der Waals surface area contributed by atoms with Crippen molar-refractivity contribution in [3.63, 3.8) is 0 Å². The van der Waals surface area contributed by atoms with Crippen molar-refractivity contribution < 1.29 is 4.79 Å². The first-order valence-corrected chi connectivity index (χ1v) is 6.88. The van der Waals surface area contributed by atoms with E-state index in [-0.39, 0.29) is 5.78 Å². The molecule has 0 aliphatic carbocycles. The molecule has 2 nitrogen and oxygen atoms in total. The maximum Gasteiger partial charge on any atom is 0.193 e. The molecule has 0 aliphatic rings. The molecule has 0 radical (unpaired) electrons. The van der Waals surface area contributed by atoms with Crippen molar-refractivity contribution in [3.05, 3.63) is 90.1 Å². The average Bonchev–Trinajstić information content (AvgIpc) is 2.52. The third-order valence-corrected chi connectivity index (χ3v) is 3.01. The summed E-state index contributed by atoms with van der Waals surface area (Å²) in [5.41, 5.74) is 2.32. The molecule has 0 heterocycles. The third-order valence-electron chi connectivity index (χ3n) is 3.01. The standard InChI is InChI=1S/C19H19NO/c1-20(2)15-9-14-18(16-10-5-3-6-11-16)19(21)17-12-7-4-8-13-17/h3-15H,1-2H3/b15-9+,18-14+. The van der Waals surface area contributed by atoms with E-state index in [2.05, 4.69) is 0 Å². The van der Waals surface area contributed by atoms with Gasteiger partial charge in [-0.25, -0.2) is 0 Å². The van der Waals surface area contributed by atoms with Crippen LogP contribution in [0.15, 0.2) is 79.0 Å². The van der Waals surface area contributed by atoms with Gasteiger partial charge in [0.1, 0.15) is 0 Å². The van der Waals surface area contributed by atoms with E-state index < -0.39 is 0 Å². The number of rotatable bonds is 5. The Morgan fingerprint density at radius 3 is 1.90 bits per heavy atom.